The first kappa shape index (κ1) is 18.6. The lowest BCUT2D eigenvalue weighted by molar-refractivity contribution is -0.114. The van der Waals surface area contributed by atoms with Gasteiger partial charge in [-0.25, -0.2) is 4.98 Å². The smallest absolute Gasteiger partial charge is 0.257 e. The van der Waals surface area contributed by atoms with Crippen molar-refractivity contribution in [1.82, 2.24) is 4.98 Å². The van der Waals surface area contributed by atoms with Crippen LogP contribution < -0.4 is 15.4 Å². The van der Waals surface area contributed by atoms with Crippen LogP contribution in [0.2, 0.25) is 0 Å². The number of pyridine rings is 1. The number of hydrogen-bond acceptors (Lipinski definition) is 4. The standard InChI is InChI=1S/C20H16BrN3O3/c1-13(25)23-16-5-7-17(8-6-16)24-20(26)14-2-11-19(22-12-14)27-18-9-3-15(21)4-10-18/h2-12H,1H3,(H,23,25)(H,24,26). The van der Waals surface area contributed by atoms with Crippen LogP contribution in [0.4, 0.5) is 11.4 Å². The minimum atomic E-state index is -0.287. The Kier molecular flexibility index (Phi) is 5.83. The van der Waals surface area contributed by atoms with E-state index in [-0.39, 0.29) is 11.8 Å². The van der Waals surface area contributed by atoms with E-state index in [2.05, 4.69) is 31.5 Å². The Balaban J connectivity index is 1.61. The van der Waals surface area contributed by atoms with E-state index in [0.717, 1.165) is 4.47 Å². The second-order valence-corrected chi connectivity index (χ2v) is 6.57. The number of halogens is 1. The largest absolute Gasteiger partial charge is 0.439 e. The van der Waals surface area contributed by atoms with Gasteiger partial charge in [-0.1, -0.05) is 15.9 Å². The van der Waals surface area contributed by atoms with Crippen molar-refractivity contribution in [2.75, 3.05) is 10.6 Å². The maximum Gasteiger partial charge on any atom is 0.257 e. The number of anilines is 2. The van der Waals surface area contributed by atoms with Gasteiger partial charge >= 0.3 is 0 Å². The van der Waals surface area contributed by atoms with Crippen LogP contribution in [0.3, 0.4) is 0 Å². The van der Waals surface area contributed by atoms with Gasteiger partial charge in [0.05, 0.1) is 5.56 Å². The quantitative estimate of drug-likeness (QED) is 0.612. The zero-order valence-corrected chi connectivity index (χ0v) is 16.0. The SMILES string of the molecule is CC(=O)Nc1ccc(NC(=O)c2ccc(Oc3ccc(Br)cc3)nc2)cc1. The molecule has 2 amide bonds. The lowest BCUT2D eigenvalue weighted by atomic mass is 10.2. The van der Waals surface area contributed by atoms with Crippen LogP contribution in [0.1, 0.15) is 17.3 Å². The molecule has 0 fully saturated rings. The van der Waals surface area contributed by atoms with Crippen LogP contribution in [0.5, 0.6) is 11.6 Å². The highest BCUT2D eigenvalue weighted by Gasteiger charge is 2.08. The Morgan fingerprint density at radius 3 is 2.07 bits per heavy atom. The van der Waals surface area contributed by atoms with Gasteiger partial charge in [-0.2, -0.15) is 0 Å². The molecule has 0 atom stereocenters. The van der Waals surface area contributed by atoms with E-state index >= 15 is 0 Å². The third-order valence-corrected chi connectivity index (χ3v) is 4.03. The number of ether oxygens (including phenoxy) is 1. The van der Waals surface area contributed by atoms with Crippen molar-refractivity contribution in [3.63, 3.8) is 0 Å². The lowest BCUT2D eigenvalue weighted by Crippen LogP contribution is -2.12. The van der Waals surface area contributed by atoms with E-state index in [1.165, 1.54) is 13.1 Å². The van der Waals surface area contributed by atoms with Crippen LogP contribution in [0.15, 0.2) is 71.3 Å². The Morgan fingerprint density at radius 1 is 0.889 bits per heavy atom. The van der Waals surface area contributed by atoms with Crippen molar-refractivity contribution in [1.29, 1.82) is 0 Å². The van der Waals surface area contributed by atoms with E-state index in [0.29, 0.717) is 28.6 Å². The van der Waals surface area contributed by atoms with Gasteiger partial charge in [0, 0.05) is 35.0 Å². The van der Waals surface area contributed by atoms with Crippen LogP contribution in [-0.4, -0.2) is 16.8 Å². The van der Waals surface area contributed by atoms with Gasteiger partial charge in [0.1, 0.15) is 5.75 Å². The zero-order valence-electron chi connectivity index (χ0n) is 14.4. The molecule has 136 valence electrons. The van der Waals surface area contributed by atoms with E-state index in [4.69, 9.17) is 4.74 Å². The maximum atomic E-state index is 12.3. The molecule has 1 aromatic heterocycles. The number of rotatable bonds is 5. The van der Waals surface area contributed by atoms with Crippen LogP contribution >= 0.6 is 15.9 Å². The molecule has 0 aliphatic rings. The highest BCUT2D eigenvalue weighted by molar-refractivity contribution is 9.10. The summed E-state index contributed by atoms with van der Waals surface area (Å²) < 4.78 is 6.59. The molecule has 1 heterocycles. The highest BCUT2D eigenvalue weighted by Crippen LogP contribution is 2.22. The fraction of sp³-hybridized carbons (Fsp3) is 0.0500. The van der Waals surface area contributed by atoms with Gasteiger partial charge in [0.2, 0.25) is 11.8 Å². The summed E-state index contributed by atoms with van der Waals surface area (Å²) in [5, 5.41) is 5.44. The second kappa shape index (κ2) is 8.46. The molecular weight excluding hydrogens is 410 g/mol. The molecular formula is C20H16BrN3O3. The van der Waals surface area contributed by atoms with Crippen LogP contribution in [-0.2, 0) is 4.79 Å². The predicted octanol–water partition coefficient (Wildman–Crippen LogP) is 4.85. The first-order chi connectivity index (χ1) is 13.0. The lowest BCUT2D eigenvalue weighted by Gasteiger charge is -2.08. The summed E-state index contributed by atoms with van der Waals surface area (Å²) in [7, 11) is 0. The van der Waals surface area contributed by atoms with Gasteiger partial charge in [-0.15, -0.1) is 0 Å². The number of carbonyl (C=O) groups excluding carboxylic acids is 2. The number of nitrogens with one attached hydrogen (secondary N) is 2. The maximum absolute atomic E-state index is 12.3. The second-order valence-electron chi connectivity index (χ2n) is 5.65. The fourth-order valence-electron chi connectivity index (χ4n) is 2.24. The van der Waals surface area contributed by atoms with Crippen molar-refractivity contribution < 1.29 is 14.3 Å². The summed E-state index contributed by atoms with van der Waals surface area (Å²) in [5.74, 6) is 0.615. The third-order valence-electron chi connectivity index (χ3n) is 3.50. The molecule has 3 aromatic rings. The van der Waals surface area contributed by atoms with Crippen molar-refractivity contribution in [3.05, 3.63) is 76.9 Å². The molecule has 0 aliphatic heterocycles. The Hall–Kier alpha value is -3.19. The highest BCUT2D eigenvalue weighted by atomic mass is 79.9. The average molecular weight is 426 g/mol. The van der Waals surface area contributed by atoms with Gasteiger partial charge in [-0.05, 0) is 54.6 Å². The molecule has 0 saturated carbocycles. The number of amides is 2. The van der Waals surface area contributed by atoms with Gasteiger partial charge in [0.25, 0.3) is 5.91 Å². The number of carbonyl (C=O) groups is 2. The van der Waals surface area contributed by atoms with Crippen molar-refractivity contribution >= 4 is 39.1 Å². The van der Waals surface area contributed by atoms with E-state index < -0.39 is 0 Å². The van der Waals surface area contributed by atoms with E-state index in [9.17, 15) is 9.59 Å². The number of aromatic nitrogens is 1. The Morgan fingerprint density at radius 2 is 1.52 bits per heavy atom. The fourth-order valence-corrected chi connectivity index (χ4v) is 2.51. The minimum Gasteiger partial charge on any atom is -0.439 e. The normalized spacial score (nSPS) is 10.1. The molecule has 3 rings (SSSR count). The molecule has 0 radical (unpaired) electrons. The summed E-state index contributed by atoms with van der Waals surface area (Å²) in [6.45, 7) is 1.44. The molecule has 0 saturated heterocycles. The number of benzene rings is 2. The molecule has 6 nitrogen and oxygen atoms in total. The topological polar surface area (TPSA) is 80.3 Å². The Bertz CT molecular complexity index is 940. The van der Waals surface area contributed by atoms with Gasteiger partial charge < -0.3 is 15.4 Å². The average Bonchev–Trinajstić information content (AvgIpc) is 2.65. The summed E-state index contributed by atoms with van der Waals surface area (Å²) in [6.07, 6.45) is 1.45. The molecule has 0 aliphatic carbocycles. The zero-order chi connectivity index (χ0) is 19.2. The molecule has 7 heteroatoms. The first-order valence-electron chi connectivity index (χ1n) is 8.08. The number of hydrogen-bond donors (Lipinski definition) is 2. The van der Waals surface area contributed by atoms with Crippen LogP contribution in [0.25, 0.3) is 0 Å². The molecule has 2 N–H and O–H groups in total. The van der Waals surface area contributed by atoms with Gasteiger partial charge in [-0.3, -0.25) is 9.59 Å². The monoisotopic (exact) mass is 425 g/mol. The molecule has 2 aromatic carbocycles. The molecule has 0 unspecified atom stereocenters. The number of nitrogens with zero attached hydrogens (tertiary/aromatic N) is 1. The van der Waals surface area contributed by atoms with Crippen molar-refractivity contribution in [3.8, 4) is 11.6 Å². The molecule has 0 spiro atoms. The molecule has 0 bridgehead atoms. The van der Waals surface area contributed by atoms with E-state index in [1.54, 1.807) is 36.4 Å². The third kappa shape index (κ3) is 5.39. The minimum absolute atomic E-state index is 0.150. The summed E-state index contributed by atoms with van der Waals surface area (Å²) in [4.78, 5) is 27.5. The summed E-state index contributed by atoms with van der Waals surface area (Å²) in [5.41, 5.74) is 1.69. The van der Waals surface area contributed by atoms with Crippen molar-refractivity contribution in [2.45, 2.75) is 6.92 Å². The summed E-state index contributed by atoms with van der Waals surface area (Å²) in [6, 6.07) is 17.5. The van der Waals surface area contributed by atoms with Crippen molar-refractivity contribution in [2.24, 2.45) is 0 Å². The summed E-state index contributed by atoms with van der Waals surface area (Å²) >= 11 is 3.36. The Labute approximate surface area is 164 Å². The van der Waals surface area contributed by atoms with E-state index in [1.807, 2.05) is 24.3 Å². The van der Waals surface area contributed by atoms with Crippen LogP contribution in [0, 0.1) is 0 Å². The first-order valence-corrected chi connectivity index (χ1v) is 8.87. The van der Waals surface area contributed by atoms with Gasteiger partial charge in [0.15, 0.2) is 0 Å². The predicted molar refractivity (Wildman–Crippen MR) is 107 cm³/mol. The molecule has 27 heavy (non-hydrogen) atoms.